The molecule has 26 heavy (non-hydrogen) atoms. The normalized spacial score (nSPS) is 17.2. The maximum absolute atomic E-state index is 13.0. The first-order valence-electron chi connectivity index (χ1n) is 8.41. The van der Waals surface area contributed by atoms with E-state index in [1.54, 1.807) is 40.1 Å². The summed E-state index contributed by atoms with van der Waals surface area (Å²) in [6.45, 7) is 1.28. The zero-order valence-corrected chi connectivity index (χ0v) is 15.3. The fraction of sp³-hybridized carbons (Fsp3) is 0.389. The quantitative estimate of drug-likeness (QED) is 0.864. The van der Waals surface area contributed by atoms with E-state index in [9.17, 15) is 9.59 Å². The van der Waals surface area contributed by atoms with Crippen LogP contribution in [0.1, 0.15) is 34.9 Å². The number of amides is 2. The van der Waals surface area contributed by atoms with Crippen molar-refractivity contribution in [3.8, 4) is 5.75 Å². The second-order valence-electron chi connectivity index (χ2n) is 6.31. The van der Waals surface area contributed by atoms with Gasteiger partial charge in [0.2, 0.25) is 5.91 Å². The van der Waals surface area contributed by atoms with E-state index >= 15 is 0 Å². The van der Waals surface area contributed by atoms with Gasteiger partial charge in [-0.15, -0.1) is 0 Å². The molecule has 2 heterocycles. The molecule has 0 saturated carbocycles. The van der Waals surface area contributed by atoms with Gasteiger partial charge in [-0.25, -0.2) is 4.98 Å². The highest BCUT2D eigenvalue weighted by molar-refractivity contribution is 6.30. The van der Waals surface area contributed by atoms with Crippen LogP contribution in [-0.4, -0.2) is 46.5 Å². The van der Waals surface area contributed by atoms with Gasteiger partial charge in [-0.3, -0.25) is 9.59 Å². The van der Waals surface area contributed by atoms with Crippen molar-refractivity contribution in [1.82, 2.24) is 14.5 Å². The van der Waals surface area contributed by atoms with Crippen LogP contribution in [0.2, 0.25) is 5.02 Å². The third-order valence-corrected chi connectivity index (χ3v) is 4.78. The number of hydrogen-bond acceptors (Lipinski definition) is 4. The first-order valence-corrected chi connectivity index (χ1v) is 8.79. The number of benzene rings is 1. The van der Waals surface area contributed by atoms with Gasteiger partial charge in [0.15, 0.2) is 0 Å². The first kappa shape index (κ1) is 18.3. The Bertz CT molecular complexity index is 821. The summed E-state index contributed by atoms with van der Waals surface area (Å²) < 4.78 is 7.05. The van der Waals surface area contributed by atoms with Crippen LogP contribution < -0.4 is 10.5 Å². The number of hydrogen-bond donors (Lipinski definition) is 1. The molecule has 1 aliphatic rings. The molecule has 1 saturated heterocycles. The van der Waals surface area contributed by atoms with Crippen molar-refractivity contribution >= 4 is 23.4 Å². The van der Waals surface area contributed by atoms with Crippen molar-refractivity contribution in [2.45, 2.75) is 25.3 Å². The summed E-state index contributed by atoms with van der Waals surface area (Å²) in [5.41, 5.74) is 5.79. The molecule has 0 radical (unpaired) electrons. The summed E-state index contributed by atoms with van der Waals surface area (Å²) in [5, 5.41) is 0.517. The number of halogens is 1. The summed E-state index contributed by atoms with van der Waals surface area (Å²) in [5.74, 6) is 0.777. The van der Waals surface area contributed by atoms with Gasteiger partial charge >= 0.3 is 0 Å². The van der Waals surface area contributed by atoms with Crippen LogP contribution in [0.3, 0.4) is 0 Å². The maximum Gasteiger partial charge on any atom is 0.257 e. The molecule has 138 valence electrons. The number of piperidine rings is 1. The van der Waals surface area contributed by atoms with Crippen molar-refractivity contribution < 1.29 is 14.3 Å². The monoisotopic (exact) mass is 376 g/mol. The highest BCUT2D eigenvalue weighted by Crippen LogP contribution is 2.29. The van der Waals surface area contributed by atoms with E-state index in [2.05, 4.69) is 4.98 Å². The number of carbonyl (C=O) groups excluding carboxylic acids is 2. The number of imidazole rings is 1. The van der Waals surface area contributed by atoms with Gasteiger partial charge in [-0.05, 0) is 31.0 Å². The average Bonchev–Trinajstić information content (AvgIpc) is 3.08. The lowest BCUT2D eigenvalue weighted by atomic mass is 9.96. The second kappa shape index (κ2) is 7.78. The van der Waals surface area contributed by atoms with E-state index in [-0.39, 0.29) is 18.4 Å². The number of methoxy groups -OCH3 is 1. The molecule has 1 fully saturated rings. The Morgan fingerprint density at radius 2 is 2.23 bits per heavy atom. The van der Waals surface area contributed by atoms with E-state index in [4.69, 9.17) is 22.1 Å². The van der Waals surface area contributed by atoms with Crippen molar-refractivity contribution in [1.29, 1.82) is 0 Å². The van der Waals surface area contributed by atoms with Crippen LogP contribution in [0.4, 0.5) is 0 Å². The van der Waals surface area contributed by atoms with Crippen molar-refractivity contribution in [3.05, 3.63) is 47.0 Å². The minimum Gasteiger partial charge on any atom is -0.496 e. The smallest absolute Gasteiger partial charge is 0.257 e. The van der Waals surface area contributed by atoms with Gasteiger partial charge in [0, 0.05) is 36.4 Å². The van der Waals surface area contributed by atoms with E-state index in [1.807, 2.05) is 0 Å². The molecule has 1 aromatic carbocycles. The predicted molar refractivity (Wildman–Crippen MR) is 97.3 cm³/mol. The van der Waals surface area contributed by atoms with Crippen LogP contribution in [-0.2, 0) is 11.3 Å². The maximum atomic E-state index is 13.0. The molecule has 7 nitrogen and oxygen atoms in total. The highest BCUT2D eigenvalue weighted by atomic mass is 35.5. The molecule has 2 aromatic rings. The lowest BCUT2D eigenvalue weighted by molar-refractivity contribution is -0.118. The lowest BCUT2D eigenvalue weighted by Crippen LogP contribution is -2.40. The minimum atomic E-state index is -0.418. The standard InChI is InChI=1S/C18H21ClN4O3/c1-26-15-9-13(19)4-5-14(15)18(25)23-7-2-3-12(10-23)17-21-6-8-22(17)11-16(20)24/h4-6,8-9,12H,2-3,7,10-11H2,1H3,(H2,20,24)/t12-/m0/s1. The molecule has 0 spiro atoms. The molecular formula is C18H21ClN4O3. The Hall–Kier alpha value is -2.54. The van der Waals surface area contributed by atoms with Crippen LogP contribution in [0.25, 0.3) is 0 Å². The van der Waals surface area contributed by atoms with Crippen LogP contribution >= 0.6 is 11.6 Å². The summed E-state index contributed by atoms with van der Waals surface area (Å²) in [4.78, 5) is 30.4. The van der Waals surface area contributed by atoms with Gasteiger partial charge in [0.25, 0.3) is 5.91 Å². The van der Waals surface area contributed by atoms with Crippen LogP contribution in [0, 0.1) is 0 Å². The van der Waals surface area contributed by atoms with Crippen LogP contribution in [0.15, 0.2) is 30.6 Å². The van der Waals surface area contributed by atoms with Crippen molar-refractivity contribution in [2.75, 3.05) is 20.2 Å². The molecule has 1 aromatic heterocycles. The Labute approximate surface area is 156 Å². The molecule has 1 atom stereocenters. The van der Waals surface area contributed by atoms with Gasteiger partial charge in [-0.1, -0.05) is 11.6 Å². The summed E-state index contributed by atoms with van der Waals surface area (Å²) in [6.07, 6.45) is 5.15. The summed E-state index contributed by atoms with van der Waals surface area (Å²) in [6, 6.07) is 5.00. The average molecular weight is 377 g/mol. The van der Waals surface area contributed by atoms with E-state index in [0.29, 0.717) is 29.4 Å². The first-order chi connectivity index (χ1) is 12.5. The van der Waals surface area contributed by atoms with Crippen molar-refractivity contribution in [2.24, 2.45) is 5.73 Å². The van der Waals surface area contributed by atoms with Gasteiger partial charge < -0.3 is 19.9 Å². The Morgan fingerprint density at radius 1 is 1.42 bits per heavy atom. The van der Waals surface area contributed by atoms with E-state index in [1.165, 1.54) is 7.11 Å². The summed E-state index contributed by atoms with van der Waals surface area (Å²) >= 11 is 5.98. The zero-order valence-electron chi connectivity index (χ0n) is 14.5. The third-order valence-electron chi connectivity index (χ3n) is 4.54. The Kier molecular flexibility index (Phi) is 5.46. The summed E-state index contributed by atoms with van der Waals surface area (Å²) in [7, 11) is 1.52. The molecule has 8 heteroatoms. The minimum absolute atomic E-state index is 0.0559. The lowest BCUT2D eigenvalue weighted by Gasteiger charge is -2.33. The number of nitrogens with zero attached hydrogens (tertiary/aromatic N) is 3. The van der Waals surface area contributed by atoms with E-state index in [0.717, 1.165) is 18.7 Å². The zero-order chi connectivity index (χ0) is 18.7. The fourth-order valence-corrected chi connectivity index (χ4v) is 3.53. The number of primary amides is 1. The largest absolute Gasteiger partial charge is 0.496 e. The molecule has 0 unspecified atom stereocenters. The molecule has 0 bridgehead atoms. The SMILES string of the molecule is COc1cc(Cl)ccc1C(=O)N1CCC[C@H](c2nccn2CC(N)=O)C1. The molecule has 2 amide bonds. The molecular weight excluding hydrogens is 356 g/mol. The van der Waals surface area contributed by atoms with Crippen LogP contribution in [0.5, 0.6) is 5.75 Å². The van der Waals surface area contributed by atoms with Gasteiger partial charge in [-0.2, -0.15) is 0 Å². The molecule has 0 aliphatic carbocycles. The van der Waals surface area contributed by atoms with Gasteiger partial charge in [0.05, 0.1) is 12.7 Å². The number of ether oxygens (including phenoxy) is 1. The number of likely N-dealkylation sites (tertiary alicyclic amines) is 1. The Balaban J connectivity index is 1.80. The fourth-order valence-electron chi connectivity index (χ4n) is 3.37. The molecule has 1 aliphatic heterocycles. The second-order valence-corrected chi connectivity index (χ2v) is 6.75. The number of nitrogens with two attached hydrogens (primary N) is 1. The van der Waals surface area contributed by atoms with Gasteiger partial charge in [0.1, 0.15) is 18.1 Å². The van der Waals surface area contributed by atoms with Crippen molar-refractivity contribution in [3.63, 3.8) is 0 Å². The molecule has 2 N–H and O–H groups in total. The molecule has 3 rings (SSSR count). The predicted octanol–water partition coefficient (Wildman–Crippen LogP) is 2.05. The third kappa shape index (κ3) is 3.83. The van der Waals surface area contributed by atoms with E-state index < -0.39 is 5.91 Å². The number of aromatic nitrogens is 2. The number of rotatable bonds is 5. The topological polar surface area (TPSA) is 90.4 Å². The highest BCUT2D eigenvalue weighted by Gasteiger charge is 2.29. The number of carbonyl (C=O) groups is 2. The Morgan fingerprint density at radius 3 is 2.96 bits per heavy atom.